The highest BCUT2D eigenvalue weighted by molar-refractivity contribution is 6.07. The van der Waals surface area contributed by atoms with Crippen LogP contribution >= 0.6 is 0 Å². The molecule has 1 rings (SSSR count). The highest BCUT2D eigenvalue weighted by Gasteiger charge is 2.50. The molecule has 0 spiro atoms. The van der Waals surface area contributed by atoms with Crippen LogP contribution in [0.15, 0.2) is 0 Å². The van der Waals surface area contributed by atoms with Gasteiger partial charge in [-0.1, -0.05) is 13.8 Å². The number of unbranched alkanes of at least 4 members (excludes halogenated alkanes) is 1. The standard InChI is InChI=1S/C33H56N6O14/c1-6-10-23(42)37-15-9-8-14-33(36,32(49)50)22(41)13-12-20(28(35)45)38-29(46)17(3)39(19(5)40)30-25(34)27(52-18(4)31(47)48)26(44)21(53-30)16-51-24(43)11-7-2/h17-18,20-21,25-27,30,44H,6-16,34,36H2,1-5H3,(H2,35,45)(H,37,42)(H,38,46)(H,47,48)(H,49,50)/t17-,18+,20+,21+,25+,26+,27+,30?,33+/m0/s1. The predicted molar refractivity (Wildman–Crippen MR) is 184 cm³/mol. The monoisotopic (exact) mass is 760 g/mol. The molecule has 53 heavy (non-hydrogen) atoms. The van der Waals surface area contributed by atoms with E-state index >= 15 is 0 Å². The number of esters is 1. The lowest BCUT2D eigenvalue weighted by molar-refractivity contribution is -0.247. The highest BCUT2D eigenvalue weighted by Crippen LogP contribution is 2.28. The number of amides is 4. The molecule has 1 unspecified atom stereocenters. The number of carboxylic acids is 2. The van der Waals surface area contributed by atoms with E-state index < -0.39 is 115 Å². The van der Waals surface area contributed by atoms with E-state index in [1.54, 1.807) is 6.92 Å². The van der Waals surface area contributed by atoms with Gasteiger partial charge in [0.2, 0.25) is 23.6 Å². The van der Waals surface area contributed by atoms with Gasteiger partial charge in [0.05, 0.1) is 6.04 Å². The molecule has 302 valence electrons. The van der Waals surface area contributed by atoms with Gasteiger partial charge < -0.3 is 62.3 Å². The Labute approximate surface area is 307 Å². The van der Waals surface area contributed by atoms with Crippen molar-refractivity contribution in [1.82, 2.24) is 15.5 Å². The first-order valence-corrected chi connectivity index (χ1v) is 17.6. The van der Waals surface area contributed by atoms with E-state index in [2.05, 4.69) is 10.6 Å². The van der Waals surface area contributed by atoms with Gasteiger partial charge in [0, 0.05) is 32.7 Å². The summed E-state index contributed by atoms with van der Waals surface area (Å²) in [5, 5.41) is 35.2. The van der Waals surface area contributed by atoms with Crippen molar-refractivity contribution in [2.75, 3.05) is 13.2 Å². The summed E-state index contributed by atoms with van der Waals surface area (Å²) >= 11 is 0. The third-order valence-electron chi connectivity index (χ3n) is 8.74. The fourth-order valence-corrected chi connectivity index (χ4v) is 5.57. The number of nitrogens with one attached hydrogen (secondary N) is 2. The van der Waals surface area contributed by atoms with Crippen molar-refractivity contribution < 1.29 is 67.9 Å². The number of hydrogen-bond donors (Lipinski definition) is 8. The molecule has 20 heteroatoms. The van der Waals surface area contributed by atoms with Gasteiger partial charge in [0.15, 0.2) is 23.7 Å². The first-order valence-electron chi connectivity index (χ1n) is 17.6. The van der Waals surface area contributed by atoms with Crippen molar-refractivity contribution in [2.45, 2.75) is 147 Å². The third-order valence-corrected chi connectivity index (χ3v) is 8.74. The van der Waals surface area contributed by atoms with Crippen LogP contribution in [-0.2, 0) is 52.6 Å². The van der Waals surface area contributed by atoms with Crippen molar-refractivity contribution >= 4 is 47.3 Å². The van der Waals surface area contributed by atoms with Crippen LogP contribution in [0, 0.1) is 0 Å². The number of nitrogens with two attached hydrogens (primary N) is 3. The number of carbonyl (C=O) groups excluding carboxylic acids is 6. The maximum absolute atomic E-state index is 13.5. The molecular formula is C33H56N6O14. The lowest BCUT2D eigenvalue weighted by Gasteiger charge is -2.48. The van der Waals surface area contributed by atoms with Gasteiger partial charge in [-0.3, -0.25) is 28.8 Å². The Morgan fingerprint density at radius 3 is 2.13 bits per heavy atom. The molecule has 1 heterocycles. The van der Waals surface area contributed by atoms with E-state index in [0.717, 1.165) is 11.8 Å². The van der Waals surface area contributed by atoms with Crippen LogP contribution in [0.3, 0.4) is 0 Å². The Balaban J connectivity index is 3.16. The molecule has 0 saturated carbocycles. The SMILES string of the molecule is CCCC(=O)NCCCC[C@](N)(C(=O)O)C(=O)CC[C@@H](NC(=O)[C@H](C)N(C(C)=O)C1O[C@H](COC(=O)CCC)[C@@H](O)[C@H](O[C@H](C)C(=O)O)[C@H]1N)C(N)=O. The van der Waals surface area contributed by atoms with Gasteiger partial charge in [-0.15, -0.1) is 0 Å². The van der Waals surface area contributed by atoms with Crippen LogP contribution in [0.1, 0.15) is 92.4 Å². The molecule has 0 aromatic rings. The molecule has 11 N–H and O–H groups in total. The van der Waals surface area contributed by atoms with Crippen LogP contribution < -0.4 is 27.8 Å². The number of hydrogen-bond acceptors (Lipinski definition) is 14. The molecule has 0 bridgehead atoms. The highest BCUT2D eigenvalue weighted by atomic mass is 16.6. The lowest BCUT2D eigenvalue weighted by atomic mass is 9.86. The molecule has 1 fully saturated rings. The predicted octanol–water partition coefficient (Wildman–Crippen LogP) is -1.97. The quantitative estimate of drug-likeness (QED) is 0.0300. The Kier molecular flexibility index (Phi) is 19.5. The summed E-state index contributed by atoms with van der Waals surface area (Å²) in [6, 6.07) is -4.47. The van der Waals surface area contributed by atoms with Crippen LogP contribution in [-0.4, -0.2) is 135 Å². The summed E-state index contributed by atoms with van der Waals surface area (Å²) < 4.78 is 16.6. The van der Waals surface area contributed by atoms with Gasteiger partial charge in [-0.2, -0.15) is 0 Å². The van der Waals surface area contributed by atoms with Gasteiger partial charge in [-0.25, -0.2) is 9.59 Å². The number of carbonyl (C=O) groups is 8. The Morgan fingerprint density at radius 1 is 0.981 bits per heavy atom. The molecule has 1 saturated heterocycles. The number of nitrogens with zero attached hydrogens (tertiary/aromatic N) is 1. The largest absolute Gasteiger partial charge is 0.480 e. The molecule has 4 amide bonds. The molecule has 1 aliphatic rings. The van der Waals surface area contributed by atoms with Crippen molar-refractivity contribution in [2.24, 2.45) is 17.2 Å². The summed E-state index contributed by atoms with van der Waals surface area (Å²) in [4.78, 5) is 100. The molecule has 1 aliphatic heterocycles. The topological polar surface area (TPSA) is 330 Å². The molecule has 9 atom stereocenters. The van der Waals surface area contributed by atoms with E-state index in [-0.39, 0.29) is 31.7 Å². The summed E-state index contributed by atoms with van der Waals surface area (Å²) in [6.45, 7) is 6.78. The first-order chi connectivity index (χ1) is 24.7. The van der Waals surface area contributed by atoms with Crippen LogP contribution in [0.5, 0.6) is 0 Å². The number of aliphatic hydroxyl groups is 1. The van der Waals surface area contributed by atoms with E-state index in [1.807, 2.05) is 6.92 Å². The fraction of sp³-hybridized carbons (Fsp3) is 0.758. The van der Waals surface area contributed by atoms with Gasteiger partial charge in [0.25, 0.3) is 0 Å². The van der Waals surface area contributed by atoms with E-state index in [9.17, 15) is 53.7 Å². The lowest BCUT2D eigenvalue weighted by Crippen LogP contribution is -2.70. The molecule has 0 radical (unpaired) electrons. The number of rotatable bonds is 24. The smallest absolute Gasteiger partial charge is 0.332 e. The minimum atomic E-state index is -2.32. The van der Waals surface area contributed by atoms with Crippen LogP contribution in [0.4, 0.5) is 0 Å². The number of ketones is 1. The van der Waals surface area contributed by atoms with Crippen molar-refractivity contribution in [3.05, 3.63) is 0 Å². The van der Waals surface area contributed by atoms with Crippen LogP contribution in [0.25, 0.3) is 0 Å². The van der Waals surface area contributed by atoms with Crippen LogP contribution in [0.2, 0.25) is 0 Å². The van der Waals surface area contributed by atoms with E-state index in [1.165, 1.54) is 13.8 Å². The zero-order chi connectivity index (χ0) is 40.6. The maximum atomic E-state index is 13.5. The van der Waals surface area contributed by atoms with Crippen molar-refractivity contribution in [3.63, 3.8) is 0 Å². The van der Waals surface area contributed by atoms with E-state index in [4.69, 9.17) is 31.4 Å². The van der Waals surface area contributed by atoms with Gasteiger partial charge >= 0.3 is 17.9 Å². The molecule has 0 aromatic heterocycles. The Hall–Kier alpha value is -4.24. The van der Waals surface area contributed by atoms with Crippen molar-refractivity contribution in [3.8, 4) is 0 Å². The molecule has 0 aliphatic carbocycles. The summed E-state index contributed by atoms with van der Waals surface area (Å²) in [5.74, 6) is -7.58. The second kappa shape index (κ2) is 22.1. The summed E-state index contributed by atoms with van der Waals surface area (Å²) in [6.07, 6.45) is -6.85. The number of carboxylic acid groups (broad SMARTS) is 2. The average molecular weight is 761 g/mol. The minimum absolute atomic E-state index is 0.0494. The molecule has 20 nitrogen and oxygen atoms in total. The molecule has 0 aromatic carbocycles. The third kappa shape index (κ3) is 13.9. The van der Waals surface area contributed by atoms with E-state index in [0.29, 0.717) is 25.7 Å². The Morgan fingerprint density at radius 2 is 1.60 bits per heavy atom. The fourth-order valence-electron chi connectivity index (χ4n) is 5.57. The number of aliphatic carboxylic acids is 2. The second-order valence-electron chi connectivity index (χ2n) is 13.0. The number of primary amides is 1. The minimum Gasteiger partial charge on any atom is -0.480 e. The van der Waals surface area contributed by atoms with Crippen molar-refractivity contribution in [1.29, 1.82) is 0 Å². The molecular weight excluding hydrogens is 704 g/mol. The summed E-state index contributed by atoms with van der Waals surface area (Å²) in [7, 11) is 0. The number of Topliss-reactive ketones (excluding diaryl/α,β-unsaturated/α-hetero) is 1. The van der Waals surface area contributed by atoms with Gasteiger partial charge in [0.1, 0.15) is 37.0 Å². The second-order valence-corrected chi connectivity index (χ2v) is 13.0. The normalized spacial score (nSPS) is 22.6. The number of aliphatic hydroxyl groups excluding tert-OH is 1. The zero-order valence-electron chi connectivity index (χ0n) is 30.9. The first kappa shape index (κ1) is 46.8. The summed E-state index contributed by atoms with van der Waals surface area (Å²) in [5.41, 5.74) is 15.5. The zero-order valence-corrected chi connectivity index (χ0v) is 30.9. The Bertz CT molecular complexity index is 1320. The van der Waals surface area contributed by atoms with Gasteiger partial charge in [-0.05, 0) is 52.4 Å². The number of ether oxygens (including phenoxy) is 3. The maximum Gasteiger partial charge on any atom is 0.332 e. The average Bonchev–Trinajstić information content (AvgIpc) is 3.07.